The third-order valence-electron chi connectivity index (χ3n) is 6.32. The van der Waals surface area contributed by atoms with Gasteiger partial charge in [0.15, 0.2) is 0 Å². The predicted molar refractivity (Wildman–Crippen MR) is 84.1 cm³/mol. The van der Waals surface area contributed by atoms with Gasteiger partial charge in [0.05, 0.1) is 0 Å². The number of hydrogen-bond acceptors (Lipinski definition) is 4. The minimum Gasteiger partial charge on any atom is -0.308 e. The van der Waals surface area contributed by atoms with E-state index in [4.69, 9.17) is 0 Å². The molecule has 5 fully saturated rings. The van der Waals surface area contributed by atoms with E-state index in [1.807, 2.05) is 11.3 Å². The maximum atomic E-state index is 4.52. The van der Waals surface area contributed by atoms with Gasteiger partial charge in [-0.3, -0.25) is 0 Å². The Balaban J connectivity index is 1.28. The normalized spacial score (nSPS) is 40.9. The standard InChI is InChI=1S/C17H25N3S/c1-2-14(1)18-10-16-20-19-15(21-16)9-17-6-11-3-12(7-17)5-13(4-11)8-17/h11-14,18H,1-10H2. The van der Waals surface area contributed by atoms with Gasteiger partial charge in [-0.2, -0.15) is 0 Å². The van der Waals surface area contributed by atoms with Crippen LogP contribution in [0.3, 0.4) is 0 Å². The van der Waals surface area contributed by atoms with Gasteiger partial charge in [-0.15, -0.1) is 21.5 Å². The zero-order valence-electron chi connectivity index (χ0n) is 12.7. The van der Waals surface area contributed by atoms with E-state index in [0.29, 0.717) is 5.41 Å². The average molecular weight is 303 g/mol. The van der Waals surface area contributed by atoms with Gasteiger partial charge in [-0.1, -0.05) is 0 Å². The molecule has 0 radical (unpaired) electrons. The summed E-state index contributed by atoms with van der Waals surface area (Å²) in [6.45, 7) is 0.934. The Morgan fingerprint density at radius 1 is 0.952 bits per heavy atom. The molecule has 0 aliphatic heterocycles. The summed E-state index contributed by atoms with van der Waals surface area (Å²) in [5, 5.41) is 15.0. The number of hydrogen-bond donors (Lipinski definition) is 1. The Kier molecular flexibility index (Phi) is 2.95. The summed E-state index contributed by atoms with van der Waals surface area (Å²) in [5.41, 5.74) is 0.607. The number of aromatic nitrogens is 2. The summed E-state index contributed by atoms with van der Waals surface area (Å²) in [6.07, 6.45) is 13.0. The first-order valence-electron chi connectivity index (χ1n) is 8.81. The van der Waals surface area contributed by atoms with Crippen molar-refractivity contribution in [1.82, 2.24) is 15.5 Å². The van der Waals surface area contributed by atoms with Crippen molar-refractivity contribution in [3.05, 3.63) is 10.0 Å². The van der Waals surface area contributed by atoms with Crippen molar-refractivity contribution in [2.45, 2.75) is 70.4 Å². The molecule has 0 spiro atoms. The van der Waals surface area contributed by atoms with Crippen LogP contribution in [-0.2, 0) is 13.0 Å². The Morgan fingerprint density at radius 2 is 1.57 bits per heavy atom. The number of nitrogens with zero attached hydrogens (tertiary/aromatic N) is 2. The van der Waals surface area contributed by atoms with Crippen LogP contribution in [0.25, 0.3) is 0 Å². The fourth-order valence-electron chi connectivity index (χ4n) is 5.78. The van der Waals surface area contributed by atoms with Crippen molar-refractivity contribution in [1.29, 1.82) is 0 Å². The highest BCUT2D eigenvalue weighted by molar-refractivity contribution is 7.11. The highest BCUT2D eigenvalue weighted by Gasteiger charge is 2.51. The molecule has 0 saturated heterocycles. The van der Waals surface area contributed by atoms with Gasteiger partial charge in [0.25, 0.3) is 0 Å². The van der Waals surface area contributed by atoms with E-state index in [0.717, 1.165) is 30.3 Å². The minimum atomic E-state index is 0.607. The Morgan fingerprint density at radius 3 is 2.19 bits per heavy atom. The number of rotatable bonds is 5. The second-order valence-electron chi connectivity index (χ2n) is 8.34. The predicted octanol–water partition coefficient (Wildman–Crippen LogP) is 3.55. The van der Waals surface area contributed by atoms with Crippen LogP contribution in [0.4, 0.5) is 0 Å². The highest BCUT2D eigenvalue weighted by Crippen LogP contribution is 2.61. The summed E-state index contributed by atoms with van der Waals surface area (Å²) in [4.78, 5) is 0. The van der Waals surface area contributed by atoms with Gasteiger partial charge >= 0.3 is 0 Å². The molecule has 0 aromatic carbocycles. The maximum absolute atomic E-state index is 4.52. The van der Waals surface area contributed by atoms with Crippen molar-refractivity contribution in [2.24, 2.45) is 23.2 Å². The molecule has 6 rings (SSSR count). The third kappa shape index (κ3) is 2.55. The lowest BCUT2D eigenvalue weighted by atomic mass is 9.49. The quantitative estimate of drug-likeness (QED) is 0.904. The second kappa shape index (κ2) is 4.76. The molecule has 4 bridgehead atoms. The Bertz CT molecular complexity index is 499. The monoisotopic (exact) mass is 303 g/mol. The molecule has 4 heteroatoms. The molecule has 1 heterocycles. The minimum absolute atomic E-state index is 0.607. The molecule has 0 amide bonds. The molecular weight excluding hydrogens is 278 g/mol. The molecule has 21 heavy (non-hydrogen) atoms. The maximum Gasteiger partial charge on any atom is 0.131 e. The number of nitrogens with one attached hydrogen (secondary N) is 1. The van der Waals surface area contributed by atoms with Gasteiger partial charge in [0, 0.05) is 19.0 Å². The molecule has 0 atom stereocenters. The Labute approximate surface area is 130 Å². The highest BCUT2D eigenvalue weighted by atomic mass is 32.1. The van der Waals surface area contributed by atoms with Crippen LogP contribution >= 0.6 is 11.3 Å². The van der Waals surface area contributed by atoms with Crippen LogP contribution in [0, 0.1) is 23.2 Å². The van der Waals surface area contributed by atoms with E-state index in [1.54, 1.807) is 0 Å². The zero-order chi connectivity index (χ0) is 13.9. The van der Waals surface area contributed by atoms with E-state index in [1.165, 1.54) is 67.8 Å². The molecule has 1 aromatic rings. The lowest BCUT2D eigenvalue weighted by Gasteiger charge is -2.56. The van der Waals surface area contributed by atoms with E-state index in [-0.39, 0.29) is 0 Å². The molecular formula is C17H25N3S. The molecule has 3 nitrogen and oxygen atoms in total. The topological polar surface area (TPSA) is 37.8 Å². The summed E-state index contributed by atoms with van der Waals surface area (Å²) in [5.74, 6) is 3.13. The van der Waals surface area contributed by atoms with Crippen molar-refractivity contribution in [2.75, 3.05) is 0 Å². The molecule has 114 valence electrons. The summed E-state index contributed by atoms with van der Waals surface area (Å²) in [7, 11) is 0. The fraction of sp³-hybridized carbons (Fsp3) is 0.882. The third-order valence-corrected chi connectivity index (χ3v) is 7.24. The van der Waals surface area contributed by atoms with Gasteiger partial charge in [0.1, 0.15) is 10.0 Å². The summed E-state index contributed by atoms with van der Waals surface area (Å²) in [6, 6.07) is 0.764. The molecule has 1 aromatic heterocycles. The van der Waals surface area contributed by atoms with Crippen LogP contribution in [-0.4, -0.2) is 16.2 Å². The van der Waals surface area contributed by atoms with Crippen molar-refractivity contribution >= 4 is 11.3 Å². The van der Waals surface area contributed by atoms with Crippen molar-refractivity contribution < 1.29 is 0 Å². The average Bonchev–Trinajstić information content (AvgIpc) is 3.15. The van der Waals surface area contributed by atoms with E-state index < -0.39 is 0 Å². The lowest BCUT2D eigenvalue weighted by molar-refractivity contribution is -0.0522. The van der Waals surface area contributed by atoms with Crippen LogP contribution in [0.15, 0.2) is 0 Å². The van der Waals surface area contributed by atoms with Crippen LogP contribution in [0.5, 0.6) is 0 Å². The van der Waals surface area contributed by atoms with E-state index >= 15 is 0 Å². The van der Waals surface area contributed by atoms with Crippen molar-refractivity contribution in [3.63, 3.8) is 0 Å². The van der Waals surface area contributed by atoms with Crippen LogP contribution in [0.2, 0.25) is 0 Å². The largest absolute Gasteiger partial charge is 0.308 e. The van der Waals surface area contributed by atoms with E-state index in [2.05, 4.69) is 15.5 Å². The van der Waals surface area contributed by atoms with Gasteiger partial charge < -0.3 is 5.32 Å². The van der Waals surface area contributed by atoms with Gasteiger partial charge in [0.2, 0.25) is 0 Å². The fourth-order valence-corrected chi connectivity index (χ4v) is 6.75. The molecule has 1 N–H and O–H groups in total. The first kappa shape index (κ1) is 13.0. The zero-order valence-corrected chi connectivity index (χ0v) is 13.5. The first-order chi connectivity index (χ1) is 10.3. The van der Waals surface area contributed by atoms with Gasteiger partial charge in [-0.05, 0) is 74.5 Å². The molecule has 5 aliphatic rings. The van der Waals surface area contributed by atoms with Crippen LogP contribution in [0.1, 0.15) is 61.4 Å². The molecule has 5 aliphatic carbocycles. The smallest absolute Gasteiger partial charge is 0.131 e. The second-order valence-corrected chi connectivity index (χ2v) is 9.49. The Hall–Kier alpha value is -0.480. The van der Waals surface area contributed by atoms with Crippen molar-refractivity contribution in [3.8, 4) is 0 Å². The van der Waals surface area contributed by atoms with Crippen LogP contribution < -0.4 is 5.32 Å². The lowest BCUT2D eigenvalue weighted by Crippen LogP contribution is -2.47. The SMILES string of the molecule is C(NC1CC1)c1nnc(CC23CC4CC(CC(C4)C2)C3)s1. The van der Waals surface area contributed by atoms with Gasteiger partial charge in [-0.25, -0.2) is 0 Å². The molecule has 0 unspecified atom stereocenters. The summed E-state index contributed by atoms with van der Waals surface area (Å²) >= 11 is 1.87. The summed E-state index contributed by atoms with van der Waals surface area (Å²) < 4.78 is 0. The first-order valence-corrected chi connectivity index (χ1v) is 9.63. The molecule has 5 saturated carbocycles. The van der Waals surface area contributed by atoms with E-state index in [9.17, 15) is 0 Å².